The highest BCUT2D eigenvalue weighted by Crippen LogP contribution is 2.30. The molecule has 0 heterocycles. The first-order chi connectivity index (χ1) is 8.61. The molecule has 1 aliphatic carbocycles. The summed E-state index contributed by atoms with van der Waals surface area (Å²) in [7, 11) is 1.65. The summed E-state index contributed by atoms with van der Waals surface area (Å²) in [5.74, 6) is -0.194. The molecule has 1 saturated carbocycles. The number of amides is 1. The van der Waals surface area contributed by atoms with Crippen LogP contribution in [0.2, 0.25) is 0 Å². The first kappa shape index (κ1) is 13.0. The lowest BCUT2D eigenvalue weighted by Gasteiger charge is -2.27. The van der Waals surface area contributed by atoms with Crippen LogP contribution in [0, 0.1) is 5.82 Å². The van der Waals surface area contributed by atoms with Crippen LogP contribution in [0.25, 0.3) is 0 Å². The topological polar surface area (TPSA) is 32.3 Å². The monoisotopic (exact) mass is 250 g/mol. The van der Waals surface area contributed by atoms with E-state index in [0.29, 0.717) is 12.6 Å². The van der Waals surface area contributed by atoms with E-state index in [4.69, 9.17) is 0 Å². The van der Waals surface area contributed by atoms with Crippen molar-refractivity contribution < 1.29 is 9.18 Å². The Kier molecular flexibility index (Phi) is 3.97. The van der Waals surface area contributed by atoms with Crippen LogP contribution in [0.4, 0.5) is 4.39 Å². The van der Waals surface area contributed by atoms with Gasteiger partial charge in [-0.1, -0.05) is 12.1 Å². The van der Waals surface area contributed by atoms with Gasteiger partial charge >= 0.3 is 0 Å². The Morgan fingerprint density at radius 3 is 2.56 bits per heavy atom. The van der Waals surface area contributed by atoms with E-state index < -0.39 is 0 Å². The van der Waals surface area contributed by atoms with Gasteiger partial charge in [0.2, 0.25) is 5.91 Å². The summed E-state index contributed by atoms with van der Waals surface area (Å²) in [6.07, 6.45) is 2.28. The summed E-state index contributed by atoms with van der Waals surface area (Å²) in [5, 5.41) is 2.68. The van der Waals surface area contributed by atoms with Gasteiger partial charge in [-0.15, -0.1) is 0 Å². The Morgan fingerprint density at radius 1 is 1.44 bits per heavy atom. The zero-order chi connectivity index (χ0) is 13.1. The van der Waals surface area contributed by atoms with Crippen molar-refractivity contribution in [1.29, 1.82) is 0 Å². The van der Waals surface area contributed by atoms with Crippen molar-refractivity contribution >= 4 is 5.91 Å². The second-order valence-corrected chi connectivity index (χ2v) is 4.82. The van der Waals surface area contributed by atoms with Crippen molar-refractivity contribution in [2.75, 3.05) is 7.05 Å². The molecule has 0 bridgehead atoms. The third-order valence-electron chi connectivity index (χ3n) is 3.42. The zero-order valence-electron chi connectivity index (χ0n) is 10.8. The highest BCUT2D eigenvalue weighted by Gasteiger charge is 2.34. The van der Waals surface area contributed by atoms with Gasteiger partial charge in [-0.3, -0.25) is 9.69 Å². The molecule has 0 radical (unpaired) electrons. The van der Waals surface area contributed by atoms with Crippen LogP contribution in [0.15, 0.2) is 24.3 Å². The second kappa shape index (κ2) is 5.48. The number of likely N-dealkylation sites (N-methyl/N-ethyl adjacent to an activating group) is 1. The van der Waals surface area contributed by atoms with Gasteiger partial charge < -0.3 is 5.32 Å². The summed E-state index contributed by atoms with van der Waals surface area (Å²) in [5.41, 5.74) is 1.04. The molecule has 0 unspecified atom stereocenters. The number of rotatable bonds is 5. The van der Waals surface area contributed by atoms with E-state index in [1.165, 1.54) is 12.1 Å². The summed E-state index contributed by atoms with van der Waals surface area (Å²) < 4.78 is 12.9. The lowest BCUT2D eigenvalue weighted by molar-refractivity contribution is -0.125. The number of nitrogens with zero attached hydrogens (tertiary/aromatic N) is 1. The molecule has 0 aromatic heterocycles. The number of halogens is 1. The molecule has 3 nitrogen and oxygen atoms in total. The Balaban J connectivity index is 2.06. The van der Waals surface area contributed by atoms with Gasteiger partial charge in [0, 0.05) is 19.6 Å². The second-order valence-electron chi connectivity index (χ2n) is 4.82. The molecule has 0 aliphatic heterocycles. The Morgan fingerprint density at radius 2 is 2.06 bits per heavy atom. The molecule has 4 heteroatoms. The fraction of sp³-hybridized carbons (Fsp3) is 0.500. The van der Waals surface area contributed by atoms with Crippen molar-refractivity contribution in [3.63, 3.8) is 0 Å². The van der Waals surface area contributed by atoms with Gasteiger partial charge in [0.15, 0.2) is 0 Å². The molecule has 1 aromatic rings. The molecule has 1 amide bonds. The molecule has 1 aliphatic rings. The van der Waals surface area contributed by atoms with Gasteiger partial charge in [-0.2, -0.15) is 0 Å². The fourth-order valence-electron chi connectivity index (χ4n) is 2.15. The Labute approximate surface area is 107 Å². The number of hydrogen-bond donors (Lipinski definition) is 1. The van der Waals surface area contributed by atoms with Crippen LogP contribution in [-0.2, 0) is 11.3 Å². The molecule has 1 fully saturated rings. The normalized spacial score (nSPS) is 16.7. The highest BCUT2D eigenvalue weighted by molar-refractivity contribution is 5.81. The lowest BCUT2D eigenvalue weighted by atomic mass is 10.1. The van der Waals surface area contributed by atoms with Crippen LogP contribution in [0.1, 0.15) is 25.3 Å². The molecule has 18 heavy (non-hydrogen) atoms. The first-order valence-corrected chi connectivity index (χ1v) is 6.33. The first-order valence-electron chi connectivity index (χ1n) is 6.33. The van der Waals surface area contributed by atoms with E-state index in [2.05, 4.69) is 10.2 Å². The molecular formula is C14H19FN2O. The Hall–Kier alpha value is -1.42. The van der Waals surface area contributed by atoms with Crippen LogP contribution in [0.5, 0.6) is 0 Å². The maximum absolute atomic E-state index is 12.9. The van der Waals surface area contributed by atoms with Gasteiger partial charge in [0.05, 0.1) is 6.04 Å². The molecule has 1 N–H and O–H groups in total. The third-order valence-corrected chi connectivity index (χ3v) is 3.42. The van der Waals surface area contributed by atoms with E-state index in [1.807, 2.05) is 6.92 Å². The van der Waals surface area contributed by atoms with Gasteiger partial charge in [-0.05, 0) is 37.5 Å². The molecule has 1 atom stereocenters. The van der Waals surface area contributed by atoms with Crippen molar-refractivity contribution in [2.45, 2.75) is 38.4 Å². The number of nitrogens with one attached hydrogen (secondary N) is 1. The summed E-state index contributed by atoms with van der Waals surface area (Å²) in [6.45, 7) is 2.61. The van der Waals surface area contributed by atoms with Gasteiger partial charge in [0.25, 0.3) is 0 Å². The van der Waals surface area contributed by atoms with Gasteiger partial charge in [-0.25, -0.2) is 4.39 Å². The van der Waals surface area contributed by atoms with E-state index in [9.17, 15) is 9.18 Å². The maximum Gasteiger partial charge on any atom is 0.236 e. The van der Waals surface area contributed by atoms with Crippen LogP contribution < -0.4 is 5.32 Å². The molecule has 0 spiro atoms. The van der Waals surface area contributed by atoms with Crippen molar-refractivity contribution in [1.82, 2.24) is 10.2 Å². The largest absolute Gasteiger partial charge is 0.358 e. The van der Waals surface area contributed by atoms with E-state index in [1.54, 1.807) is 19.2 Å². The predicted molar refractivity (Wildman–Crippen MR) is 68.5 cm³/mol. The minimum Gasteiger partial charge on any atom is -0.358 e. The molecule has 2 rings (SSSR count). The van der Waals surface area contributed by atoms with Crippen LogP contribution in [0.3, 0.4) is 0 Å². The Bertz CT molecular complexity index is 414. The van der Waals surface area contributed by atoms with Crippen LogP contribution in [-0.4, -0.2) is 29.9 Å². The average molecular weight is 250 g/mol. The van der Waals surface area contributed by atoms with E-state index in [0.717, 1.165) is 18.4 Å². The smallest absolute Gasteiger partial charge is 0.236 e. The quantitative estimate of drug-likeness (QED) is 0.866. The van der Waals surface area contributed by atoms with Crippen molar-refractivity contribution in [2.24, 2.45) is 0 Å². The zero-order valence-corrected chi connectivity index (χ0v) is 10.8. The number of carbonyl (C=O) groups excluding carboxylic acids is 1. The molecule has 98 valence electrons. The third kappa shape index (κ3) is 3.07. The fourth-order valence-corrected chi connectivity index (χ4v) is 2.15. The van der Waals surface area contributed by atoms with Crippen molar-refractivity contribution in [3.8, 4) is 0 Å². The summed E-state index contributed by atoms with van der Waals surface area (Å²) in [6, 6.07) is 6.83. The molecular weight excluding hydrogens is 231 g/mol. The number of hydrogen-bond acceptors (Lipinski definition) is 2. The van der Waals surface area contributed by atoms with Crippen molar-refractivity contribution in [3.05, 3.63) is 35.6 Å². The summed E-state index contributed by atoms with van der Waals surface area (Å²) in [4.78, 5) is 13.9. The minimum absolute atomic E-state index is 0.0315. The minimum atomic E-state index is -0.226. The standard InChI is InChI=1S/C14H19FN2O/c1-10(14(18)16-2)17(13-7-8-13)9-11-3-5-12(15)6-4-11/h3-6,10,13H,7-9H2,1-2H3,(H,16,18)/t10-/m1/s1. The number of carbonyl (C=O) groups is 1. The van der Waals surface area contributed by atoms with Crippen LogP contribution >= 0.6 is 0 Å². The summed E-state index contributed by atoms with van der Waals surface area (Å²) >= 11 is 0. The average Bonchev–Trinajstić information content (AvgIpc) is 3.20. The number of benzene rings is 1. The lowest BCUT2D eigenvalue weighted by Crippen LogP contribution is -2.44. The van der Waals surface area contributed by atoms with E-state index in [-0.39, 0.29) is 17.8 Å². The predicted octanol–water partition coefficient (Wildman–Crippen LogP) is 1.92. The molecule has 0 saturated heterocycles. The van der Waals surface area contributed by atoms with Gasteiger partial charge in [0.1, 0.15) is 5.82 Å². The maximum atomic E-state index is 12.9. The van der Waals surface area contributed by atoms with E-state index >= 15 is 0 Å². The SMILES string of the molecule is CNC(=O)[C@@H](C)N(Cc1ccc(F)cc1)C1CC1. The highest BCUT2D eigenvalue weighted by atomic mass is 19.1. The molecule has 1 aromatic carbocycles.